The van der Waals surface area contributed by atoms with Crippen LogP contribution in [0.1, 0.15) is 12.2 Å². The second-order valence-electron chi connectivity index (χ2n) is 3.58. The molecule has 98 valence electrons. The Morgan fingerprint density at radius 1 is 1.28 bits per heavy atom. The monoisotopic (exact) mass is 260 g/mol. The molecule has 18 heavy (non-hydrogen) atoms. The fourth-order valence-corrected chi connectivity index (χ4v) is 1.38. The Hall–Kier alpha value is -1.90. The number of rotatable bonds is 4. The average Bonchev–Trinajstić information content (AvgIpc) is 2.72. The van der Waals surface area contributed by atoms with Crippen molar-refractivity contribution in [3.05, 3.63) is 18.0 Å². The summed E-state index contributed by atoms with van der Waals surface area (Å²) in [6.07, 6.45) is -3.88. The molecule has 0 aromatic carbocycles. The van der Waals surface area contributed by atoms with Gasteiger partial charge >= 0.3 is 6.18 Å². The highest BCUT2D eigenvalue weighted by Crippen LogP contribution is 2.27. The highest BCUT2D eigenvalue weighted by Gasteiger charge is 2.37. The van der Waals surface area contributed by atoms with E-state index in [0.717, 1.165) is 0 Å². The van der Waals surface area contributed by atoms with Crippen LogP contribution in [0.25, 0.3) is 5.65 Å². The van der Waals surface area contributed by atoms with E-state index in [1.165, 1.54) is 6.07 Å². The summed E-state index contributed by atoms with van der Waals surface area (Å²) in [5.41, 5.74) is 5.36. The number of nitrogens with two attached hydrogens (primary N) is 1. The molecule has 0 spiro atoms. The van der Waals surface area contributed by atoms with Crippen molar-refractivity contribution in [2.45, 2.75) is 12.6 Å². The SMILES string of the molecule is NCCCNc1ccc2nnc(C(F)(F)F)n2n1. The standard InChI is InChI=1S/C9H11F3N6/c10-9(11,12)8-16-15-7-3-2-6(17-18(7)8)14-5-1-4-13/h2-3H,1,4-5,13H2,(H,14,17). The van der Waals surface area contributed by atoms with Crippen LogP contribution in [0, 0.1) is 0 Å². The zero-order chi connectivity index (χ0) is 13.2. The molecule has 9 heteroatoms. The average molecular weight is 260 g/mol. The van der Waals surface area contributed by atoms with Gasteiger partial charge in [0.2, 0.25) is 0 Å². The third-order valence-corrected chi connectivity index (χ3v) is 2.20. The summed E-state index contributed by atoms with van der Waals surface area (Å²) < 4.78 is 38.4. The van der Waals surface area contributed by atoms with Gasteiger partial charge in [-0.3, -0.25) is 0 Å². The zero-order valence-electron chi connectivity index (χ0n) is 9.28. The van der Waals surface area contributed by atoms with E-state index in [0.29, 0.717) is 29.8 Å². The fraction of sp³-hybridized carbons (Fsp3) is 0.444. The Balaban J connectivity index is 2.31. The smallest absolute Gasteiger partial charge is 0.369 e. The first kappa shape index (κ1) is 12.6. The van der Waals surface area contributed by atoms with Gasteiger partial charge in [0, 0.05) is 6.54 Å². The van der Waals surface area contributed by atoms with Gasteiger partial charge < -0.3 is 11.1 Å². The van der Waals surface area contributed by atoms with Gasteiger partial charge in [-0.05, 0) is 25.1 Å². The van der Waals surface area contributed by atoms with Crippen molar-refractivity contribution in [3.63, 3.8) is 0 Å². The van der Waals surface area contributed by atoms with E-state index in [4.69, 9.17) is 5.73 Å². The van der Waals surface area contributed by atoms with E-state index in [1.54, 1.807) is 6.07 Å². The summed E-state index contributed by atoms with van der Waals surface area (Å²) in [5, 5.41) is 13.2. The molecule has 0 aliphatic rings. The molecule has 2 aromatic rings. The molecule has 0 aliphatic heterocycles. The molecule has 2 rings (SSSR count). The number of halogens is 3. The summed E-state index contributed by atoms with van der Waals surface area (Å²) in [5.74, 6) is -0.818. The second kappa shape index (κ2) is 4.77. The Morgan fingerprint density at radius 2 is 2.06 bits per heavy atom. The van der Waals surface area contributed by atoms with E-state index < -0.39 is 12.0 Å². The number of aromatic nitrogens is 4. The van der Waals surface area contributed by atoms with Crippen LogP contribution in [0.15, 0.2) is 12.1 Å². The molecule has 0 radical (unpaired) electrons. The lowest BCUT2D eigenvalue weighted by molar-refractivity contribution is -0.146. The van der Waals surface area contributed by atoms with Crippen LogP contribution >= 0.6 is 0 Å². The van der Waals surface area contributed by atoms with Crippen LogP contribution in [0.3, 0.4) is 0 Å². The normalized spacial score (nSPS) is 12.0. The lowest BCUT2D eigenvalue weighted by atomic mass is 10.4. The van der Waals surface area contributed by atoms with E-state index in [9.17, 15) is 13.2 Å². The molecule has 0 fully saturated rings. The molecular formula is C9H11F3N6. The van der Waals surface area contributed by atoms with Crippen molar-refractivity contribution in [3.8, 4) is 0 Å². The number of anilines is 1. The Morgan fingerprint density at radius 3 is 2.72 bits per heavy atom. The lowest BCUT2D eigenvalue weighted by Gasteiger charge is -2.06. The third kappa shape index (κ3) is 2.50. The number of hydrogen-bond donors (Lipinski definition) is 2. The van der Waals surface area contributed by atoms with Gasteiger partial charge in [-0.1, -0.05) is 0 Å². The van der Waals surface area contributed by atoms with Crippen LogP contribution < -0.4 is 11.1 Å². The Labute approximate surface area is 100.0 Å². The molecule has 0 atom stereocenters. The first-order chi connectivity index (χ1) is 8.52. The summed E-state index contributed by atoms with van der Waals surface area (Å²) >= 11 is 0. The Kier molecular flexibility index (Phi) is 3.32. The fourth-order valence-electron chi connectivity index (χ4n) is 1.38. The molecule has 6 nitrogen and oxygen atoms in total. The summed E-state index contributed by atoms with van der Waals surface area (Å²) in [6.45, 7) is 1.04. The van der Waals surface area contributed by atoms with E-state index in [2.05, 4.69) is 20.6 Å². The molecule has 2 heterocycles. The van der Waals surface area contributed by atoms with Crippen molar-refractivity contribution in [2.75, 3.05) is 18.4 Å². The van der Waals surface area contributed by atoms with E-state index in [1.807, 2.05) is 0 Å². The summed E-state index contributed by atoms with van der Waals surface area (Å²) in [6, 6.07) is 2.96. The van der Waals surface area contributed by atoms with Gasteiger partial charge in [-0.2, -0.15) is 17.7 Å². The van der Waals surface area contributed by atoms with E-state index in [-0.39, 0.29) is 5.65 Å². The number of hydrogen-bond acceptors (Lipinski definition) is 5. The number of nitrogens with one attached hydrogen (secondary N) is 1. The maximum atomic E-state index is 12.6. The van der Waals surface area contributed by atoms with Crippen molar-refractivity contribution >= 4 is 11.5 Å². The minimum atomic E-state index is -4.58. The van der Waals surface area contributed by atoms with Gasteiger partial charge in [-0.25, -0.2) is 0 Å². The predicted molar refractivity (Wildman–Crippen MR) is 57.9 cm³/mol. The molecule has 0 bridgehead atoms. The van der Waals surface area contributed by atoms with Crippen molar-refractivity contribution in [1.82, 2.24) is 19.8 Å². The second-order valence-corrected chi connectivity index (χ2v) is 3.58. The van der Waals surface area contributed by atoms with Crippen LogP contribution in [-0.4, -0.2) is 32.9 Å². The van der Waals surface area contributed by atoms with Gasteiger partial charge in [-0.15, -0.1) is 15.3 Å². The van der Waals surface area contributed by atoms with Crippen molar-refractivity contribution < 1.29 is 13.2 Å². The van der Waals surface area contributed by atoms with Crippen LogP contribution in [0.4, 0.5) is 19.0 Å². The first-order valence-corrected chi connectivity index (χ1v) is 5.26. The Bertz CT molecular complexity index is 535. The molecule has 0 saturated carbocycles. The van der Waals surface area contributed by atoms with Gasteiger partial charge in [0.05, 0.1) is 0 Å². The van der Waals surface area contributed by atoms with Crippen LogP contribution in [-0.2, 0) is 6.18 Å². The third-order valence-electron chi connectivity index (χ3n) is 2.20. The lowest BCUT2D eigenvalue weighted by Crippen LogP contribution is -2.14. The molecule has 0 aliphatic carbocycles. The molecule has 3 N–H and O–H groups in total. The first-order valence-electron chi connectivity index (χ1n) is 5.26. The van der Waals surface area contributed by atoms with Crippen LogP contribution in [0.5, 0.6) is 0 Å². The van der Waals surface area contributed by atoms with Gasteiger partial charge in [0.15, 0.2) is 5.65 Å². The molecule has 2 aromatic heterocycles. The van der Waals surface area contributed by atoms with Crippen molar-refractivity contribution in [1.29, 1.82) is 0 Å². The number of nitrogens with zero attached hydrogens (tertiary/aromatic N) is 4. The molecule has 0 saturated heterocycles. The van der Waals surface area contributed by atoms with Crippen molar-refractivity contribution in [2.24, 2.45) is 5.73 Å². The van der Waals surface area contributed by atoms with Gasteiger partial charge in [0.1, 0.15) is 5.82 Å². The van der Waals surface area contributed by atoms with Gasteiger partial charge in [0.25, 0.3) is 5.82 Å². The maximum absolute atomic E-state index is 12.6. The van der Waals surface area contributed by atoms with Crippen LogP contribution in [0.2, 0.25) is 0 Å². The predicted octanol–water partition coefficient (Wildman–Crippen LogP) is 0.904. The number of alkyl halides is 3. The number of fused-ring (bicyclic) bond motifs is 1. The largest absolute Gasteiger partial charge is 0.453 e. The molecular weight excluding hydrogens is 249 g/mol. The quantitative estimate of drug-likeness (QED) is 0.798. The minimum Gasteiger partial charge on any atom is -0.369 e. The highest BCUT2D eigenvalue weighted by atomic mass is 19.4. The highest BCUT2D eigenvalue weighted by molar-refractivity contribution is 5.44. The summed E-state index contributed by atoms with van der Waals surface area (Å²) in [4.78, 5) is 0. The van der Waals surface area contributed by atoms with E-state index >= 15 is 0 Å². The molecule has 0 unspecified atom stereocenters. The topological polar surface area (TPSA) is 81.1 Å². The summed E-state index contributed by atoms with van der Waals surface area (Å²) in [7, 11) is 0. The zero-order valence-corrected chi connectivity index (χ0v) is 9.28. The molecule has 0 amide bonds. The minimum absolute atomic E-state index is 0.0479. The maximum Gasteiger partial charge on any atom is 0.453 e.